The van der Waals surface area contributed by atoms with Crippen molar-refractivity contribution in [2.45, 2.75) is 26.3 Å². The fraction of sp³-hybridized carbons (Fsp3) is 0.643. The average Bonchev–Trinajstić information content (AvgIpc) is 2.64. The minimum absolute atomic E-state index is 0.133. The normalized spacial score (nSPS) is 22.1. The summed E-state index contributed by atoms with van der Waals surface area (Å²) in [7, 11) is 0. The van der Waals surface area contributed by atoms with Crippen LogP contribution in [0.15, 0.2) is 12.7 Å². The SMILES string of the molecule is C=CC(=O)N1CC2(CCN(C(C(=O)O)C(C)C)C2=O)C1. The van der Waals surface area contributed by atoms with Gasteiger partial charge < -0.3 is 14.9 Å². The number of rotatable bonds is 4. The van der Waals surface area contributed by atoms with Crippen LogP contribution < -0.4 is 0 Å². The van der Waals surface area contributed by atoms with Crippen LogP contribution in [0, 0.1) is 11.3 Å². The van der Waals surface area contributed by atoms with E-state index >= 15 is 0 Å². The molecule has 110 valence electrons. The minimum Gasteiger partial charge on any atom is -0.480 e. The number of carboxylic acid groups (broad SMARTS) is 1. The van der Waals surface area contributed by atoms with Crippen molar-refractivity contribution < 1.29 is 19.5 Å². The second-order valence-corrected chi connectivity index (χ2v) is 5.95. The summed E-state index contributed by atoms with van der Waals surface area (Å²) in [5, 5.41) is 9.29. The Morgan fingerprint density at radius 1 is 1.40 bits per heavy atom. The number of nitrogens with zero attached hydrogens (tertiary/aromatic N) is 2. The molecule has 20 heavy (non-hydrogen) atoms. The van der Waals surface area contributed by atoms with Gasteiger partial charge in [0.25, 0.3) is 0 Å². The lowest BCUT2D eigenvalue weighted by Gasteiger charge is -2.46. The van der Waals surface area contributed by atoms with E-state index in [0.29, 0.717) is 26.1 Å². The zero-order valence-corrected chi connectivity index (χ0v) is 11.8. The van der Waals surface area contributed by atoms with Gasteiger partial charge in [0.05, 0.1) is 5.41 Å². The van der Waals surface area contributed by atoms with Crippen LogP contribution in [0.5, 0.6) is 0 Å². The van der Waals surface area contributed by atoms with E-state index in [1.165, 1.54) is 11.0 Å². The highest BCUT2D eigenvalue weighted by Gasteiger charge is 2.57. The van der Waals surface area contributed by atoms with E-state index in [-0.39, 0.29) is 17.7 Å². The van der Waals surface area contributed by atoms with Gasteiger partial charge in [-0.15, -0.1) is 0 Å². The molecule has 0 aromatic rings. The third-order valence-corrected chi connectivity index (χ3v) is 4.24. The second-order valence-electron chi connectivity index (χ2n) is 5.95. The molecule has 1 unspecified atom stereocenters. The maximum atomic E-state index is 12.5. The lowest BCUT2D eigenvalue weighted by Crippen LogP contribution is -2.62. The van der Waals surface area contributed by atoms with Crippen LogP contribution >= 0.6 is 0 Å². The van der Waals surface area contributed by atoms with E-state index in [2.05, 4.69) is 6.58 Å². The first-order chi connectivity index (χ1) is 9.32. The number of carbonyl (C=O) groups is 3. The fourth-order valence-corrected chi connectivity index (χ4v) is 3.15. The second kappa shape index (κ2) is 4.92. The first kappa shape index (κ1) is 14.6. The predicted octanol–water partition coefficient (Wildman–Crippen LogP) is 0.343. The van der Waals surface area contributed by atoms with Gasteiger partial charge in [-0.1, -0.05) is 20.4 Å². The molecule has 1 spiro atoms. The van der Waals surface area contributed by atoms with Gasteiger partial charge >= 0.3 is 5.97 Å². The number of carbonyl (C=O) groups excluding carboxylic acids is 2. The van der Waals surface area contributed by atoms with Crippen molar-refractivity contribution >= 4 is 17.8 Å². The summed E-state index contributed by atoms with van der Waals surface area (Å²) in [6, 6.07) is -0.786. The van der Waals surface area contributed by atoms with Crippen LogP contribution in [0.2, 0.25) is 0 Å². The molecule has 0 bridgehead atoms. The Labute approximate surface area is 118 Å². The van der Waals surface area contributed by atoms with E-state index in [4.69, 9.17) is 0 Å². The third-order valence-electron chi connectivity index (χ3n) is 4.24. The van der Waals surface area contributed by atoms with Crippen molar-refractivity contribution in [1.82, 2.24) is 9.80 Å². The highest BCUT2D eigenvalue weighted by atomic mass is 16.4. The number of hydrogen-bond acceptors (Lipinski definition) is 3. The summed E-state index contributed by atoms with van der Waals surface area (Å²) in [5.41, 5.74) is -0.568. The molecule has 2 rings (SSSR count). The van der Waals surface area contributed by atoms with Crippen molar-refractivity contribution in [2.75, 3.05) is 19.6 Å². The molecule has 1 N–H and O–H groups in total. The van der Waals surface area contributed by atoms with Gasteiger partial charge in [-0.3, -0.25) is 9.59 Å². The van der Waals surface area contributed by atoms with Crippen LogP contribution in [-0.2, 0) is 14.4 Å². The molecule has 6 nitrogen and oxygen atoms in total. The van der Waals surface area contributed by atoms with Crippen LogP contribution in [0.1, 0.15) is 20.3 Å². The Morgan fingerprint density at radius 3 is 2.45 bits per heavy atom. The van der Waals surface area contributed by atoms with Crippen LogP contribution in [0.25, 0.3) is 0 Å². The zero-order chi connectivity index (χ0) is 15.1. The molecular formula is C14H20N2O4. The van der Waals surface area contributed by atoms with Crippen molar-refractivity contribution in [1.29, 1.82) is 0 Å². The highest BCUT2D eigenvalue weighted by Crippen LogP contribution is 2.42. The average molecular weight is 280 g/mol. The summed E-state index contributed by atoms with van der Waals surface area (Å²) in [6.45, 7) is 8.21. The van der Waals surface area contributed by atoms with Crippen molar-refractivity contribution in [2.24, 2.45) is 11.3 Å². The lowest BCUT2D eigenvalue weighted by molar-refractivity contribution is -0.159. The molecule has 0 saturated carbocycles. The molecule has 0 radical (unpaired) electrons. The number of amides is 2. The van der Waals surface area contributed by atoms with Gasteiger partial charge in [-0.25, -0.2) is 4.79 Å². The van der Waals surface area contributed by atoms with Gasteiger partial charge in [-0.05, 0) is 18.4 Å². The van der Waals surface area contributed by atoms with Gasteiger partial charge in [0.1, 0.15) is 6.04 Å². The number of likely N-dealkylation sites (tertiary alicyclic amines) is 2. The van der Waals surface area contributed by atoms with E-state index in [1.54, 1.807) is 18.7 Å². The third kappa shape index (κ3) is 2.09. The Balaban J connectivity index is 2.09. The number of carboxylic acids is 1. The summed E-state index contributed by atoms with van der Waals surface area (Å²) >= 11 is 0. The molecule has 2 saturated heterocycles. The molecule has 6 heteroatoms. The van der Waals surface area contributed by atoms with Crippen molar-refractivity contribution in [3.8, 4) is 0 Å². The Morgan fingerprint density at radius 2 is 2.00 bits per heavy atom. The molecule has 0 aliphatic carbocycles. The van der Waals surface area contributed by atoms with Gasteiger partial charge in [-0.2, -0.15) is 0 Å². The highest BCUT2D eigenvalue weighted by molar-refractivity contribution is 5.94. The summed E-state index contributed by atoms with van der Waals surface area (Å²) in [4.78, 5) is 38.3. The molecule has 1 atom stereocenters. The zero-order valence-electron chi connectivity index (χ0n) is 11.8. The van der Waals surface area contributed by atoms with Crippen LogP contribution in [-0.4, -0.2) is 58.4 Å². The Hall–Kier alpha value is -1.85. The van der Waals surface area contributed by atoms with Crippen LogP contribution in [0.4, 0.5) is 0 Å². The van der Waals surface area contributed by atoms with Gasteiger partial charge in [0.2, 0.25) is 11.8 Å². The monoisotopic (exact) mass is 280 g/mol. The van der Waals surface area contributed by atoms with E-state index in [0.717, 1.165) is 0 Å². The van der Waals surface area contributed by atoms with E-state index < -0.39 is 17.4 Å². The topological polar surface area (TPSA) is 77.9 Å². The minimum atomic E-state index is -0.969. The summed E-state index contributed by atoms with van der Waals surface area (Å²) in [5.74, 6) is -1.42. The standard InChI is InChI=1S/C14H20N2O4/c1-4-10(17)15-7-14(8-15)5-6-16(13(14)20)11(9(2)3)12(18)19/h4,9,11H,1,5-8H2,2-3H3,(H,18,19). The molecule has 2 amide bonds. The molecule has 2 aliphatic heterocycles. The number of aliphatic carboxylic acids is 1. The summed E-state index contributed by atoms with van der Waals surface area (Å²) in [6.07, 6.45) is 1.85. The molecule has 2 heterocycles. The van der Waals surface area contributed by atoms with Gasteiger partial charge in [0, 0.05) is 19.6 Å². The van der Waals surface area contributed by atoms with Gasteiger partial charge in [0.15, 0.2) is 0 Å². The van der Waals surface area contributed by atoms with E-state index in [9.17, 15) is 19.5 Å². The smallest absolute Gasteiger partial charge is 0.326 e. The summed E-state index contributed by atoms with van der Waals surface area (Å²) < 4.78 is 0. The Kier molecular flexibility index (Phi) is 3.58. The first-order valence-electron chi connectivity index (χ1n) is 6.77. The molecule has 0 aromatic carbocycles. The van der Waals surface area contributed by atoms with Crippen molar-refractivity contribution in [3.05, 3.63) is 12.7 Å². The molecule has 2 aliphatic rings. The molecule has 2 fully saturated rings. The predicted molar refractivity (Wildman–Crippen MR) is 71.8 cm³/mol. The molecule has 0 aromatic heterocycles. The van der Waals surface area contributed by atoms with Crippen LogP contribution in [0.3, 0.4) is 0 Å². The van der Waals surface area contributed by atoms with Crippen molar-refractivity contribution in [3.63, 3.8) is 0 Å². The fourth-order valence-electron chi connectivity index (χ4n) is 3.15. The maximum Gasteiger partial charge on any atom is 0.326 e. The largest absolute Gasteiger partial charge is 0.480 e. The lowest BCUT2D eigenvalue weighted by atomic mass is 9.78. The number of hydrogen-bond donors (Lipinski definition) is 1. The maximum absolute atomic E-state index is 12.5. The molecular weight excluding hydrogens is 260 g/mol. The Bertz CT molecular complexity index is 466. The van der Waals surface area contributed by atoms with E-state index in [1.807, 2.05) is 0 Å². The quantitative estimate of drug-likeness (QED) is 0.753. The first-order valence-corrected chi connectivity index (χ1v) is 6.77.